The Balaban J connectivity index is 0. The van der Waals surface area contributed by atoms with Crippen LogP contribution in [0.15, 0.2) is 0 Å². The molecule has 2 unspecified atom stereocenters. The van der Waals surface area contributed by atoms with E-state index in [-0.39, 0.29) is 38.6 Å². The van der Waals surface area contributed by atoms with Crippen molar-refractivity contribution in [2.45, 2.75) is 26.4 Å². The molecule has 0 spiro atoms. The Labute approximate surface area is 104 Å². The number of rotatable bonds is 2. The van der Waals surface area contributed by atoms with Crippen LogP contribution in [0.4, 0.5) is 4.39 Å². The molecule has 0 aromatic rings. The largest absolute Gasteiger partial charge is 0.665 e. The molecule has 13 heavy (non-hydrogen) atoms. The summed E-state index contributed by atoms with van der Waals surface area (Å²) in [6.07, 6.45) is -0.902. The van der Waals surface area contributed by atoms with E-state index in [1.165, 1.54) is 0 Å². The number of nitrogens with one attached hydrogen (secondary N) is 2. The SMILES string of the molecule is CC.[NH-]C(=O)C(F)C1CCNC1.[Y]. The van der Waals surface area contributed by atoms with Crippen molar-refractivity contribution < 1.29 is 41.9 Å². The van der Waals surface area contributed by atoms with Gasteiger partial charge >= 0.3 is 0 Å². The summed E-state index contributed by atoms with van der Waals surface area (Å²) in [5.74, 6) is -1.35. The first-order chi connectivity index (χ1) is 5.72. The van der Waals surface area contributed by atoms with Crippen molar-refractivity contribution >= 4 is 5.91 Å². The molecular formula is C8H16FN2OY-. The van der Waals surface area contributed by atoms with Crippen LogP contribution in [-0.4, -0.2) is 25.2 Å². The van der Waals surface area contributed by atoms with Gasteiger partial charge in [-0.2, -0.15) is 0 Å². The van der Waals surface area contributed by atoms with Crippen molar-refractivity contribution in [2.75, 3.05) is 13.1 Å². The van der Waals surface area contributed by atoms with Gasteiger partial charge in [-0.15, -0.1) is 0 Å². The van der Waals surface area contributed by atoms with Gasteiger partial charge in [-0.3, -0.25) is 0 Å². The third-order valence-corrected chi connectivity index (χ3v) is 1.76. The van der Waals surface area contributed by atoms with E-state index in [0.717, 1.165) is 6.54 Å². The zero-order valence-corrected chi connectivity index (χ0v) is 11.0. The Morgan fingerprint density at radius 2 is 2.15 bits per heavy atom. The zero-order valence-electron chi connectivity index (χ0n) is 8.14. The molecule has 1 aliphatic heterocycles. The first-order valence-corrected chi connectivity index (χ1v) is 4.32. The summed E-state index contributed by atoms with van der Waals surface area (Å²) in [5, 5.41) is 2.93. The smallest absolute Gasteiger partial charge is 0.145 e. The maximum atomic E-state index is 12.7. The fraction of sp³-hybridized carbons (Fsp3) is 0.875. The Morgan fingerprint density at radius 1 is 1.62 bits per heavy atom. The molecule has 1 saturated heterocycles. The molecule has 5 heteroatoms. The maximum absolute atomic E-state index is 12.7. The van der Waals surface area contributed by atoms with Crippen LogP contribution in [0, 0.1) is 5.92 Å². The molecule has 1 fully saturated rings. The molecule has 1 amide bonds. The van der Waals surface area contributed by atoms with Gasteiger partial charge in [-0.1, -0.05) is 13.8 Å². The molecule has 75 valence electrons. The third kappa shape index (κ3) is 5.71. The van der Waals surface area contributed by atoms with Gasteiger partial charge in [0.05, 0.1) is 5.91 Å². The second-order valence-electron chi connectivity index (χ2n) is 2.52. The van der Waals surface area contributed by atoms with E-state index in [1.807, 2.05) is 13.8 Å². The van der Waals surface area contributed by atoms with Gasteiger partial charge in [-0.25, -0.2) is 4.39 Å². The fourth-order valence-electron chi connectivity index (χ4n) is 1.14. The van der Waals surface area contributed by atoms with Gasteiger partial charge in [0.2, 0.25) is 0 Å². The number of carbonyl (C=O) groups excluding carboxylic acids is 1. The second-order valence-corrected chi connectivity index (χ2v) is 2.52. The van der Waals surface area contributed by atoms with Crippen molar-refractivity contribution in [1.29, 1.82) is 0 Å². The van der Waals surface area contributed by atoms with E-state index >= 15 is 0 Å². The summed E-state index contributed by atoms with van der Waals surface area (Å²) in [7, 11) is 0. The van der Waals surface area contributed by atoms with Gasteiger partial charge < -0.3 is 15.8 Å². The number of alkyl halides is 1. The van der Waals surface area contributed by atoms with Gasteiger partial charge in [0, 0.05) is 45.2 Å². The van der Waals surface area contributed by atoms with E-state index < -0.39 is 12.1 Å². The summed E-state index contributed by atoms with van der Waals surface area (Å²) < 4.78 is 12.7. The first-order valence-electron chi connectivity index (χ1n) is 4.32. The topological polar surface area (TPSA) is 52.9 Å². The number of hydrogen-bond acceptors (Lipinski definition) is 2. The minimum atomic E-state index is -1.57. The van der Waals surface area contributed by atoms with Crippen LogP contribution < -0.4 is 5.32 Å². The van der Waals surface area contributed by atoms with Gasteiger partial charge in [0.15, 0.2) is 0 Å². The van der Waals surface area contributed by atoms with E-state index in [2.05, 4.69) is 5.32 Å². The molecule has 0 aromatic heterocycles. The zero-order chi connectivity index (χ0) is 9.56. The summed E-state index contributed by atoms with van der Waals surface area (Å²) in [6.45, 7) is 5.30. The van der Waals surface area contributed by atoms with Crippen molar-refractivity contribution in [1.82, 2.24) is 5.32 Å². The molecule has 0 aromatic carbocycles. The van der Waals surface area contributed by atoms with E-state index in [4.69, 9.17) is 5.73 Å². The van der Waals surface area contributed by atoms with Crippen LogP contribution in [-0.2, 0) is 37.5 Å². The summed E-state index contributed by atoms with van der Waals surface area (Å²) >= 11 is 0. The maximum Gasteiger partial charge on any atom is 0.145 e. The van der Waals surface area contributed by atoms with Crippen LogP contribution in [0.2, 0.25) is 0 Å². The molecule has 2 atom stereocenters. The molecule has 3 nitrogen and oxygen atoms in total. The van der Waals surface area contributed by atoms with E-state index in [0.29, 0.717) is 13.0 Å². The molecule has 2 N–H and O–H groups in total. The van der Waals surface area contributed by atoms with Crippen LogP contribution in [0.3, 0.4) is 0 Å². The average molecular weight is 264 g/mol. The van der Waals surface area contributed by atoms with E-state index in [9.17, 15) is 9.18 Å². The molecule has 0 bridgehead atoms. The van der Waals surface area contributed by atoms with Gasteiger partial charge in [-0.05, 0) is 13.0 Å². The monoisotopic (exact) mass is 264 g/mol. The Hall–Kier alpha value is 0.464. The van der Waals surface area contributed by atoms with Crippen molar-refractivity contribution in [3.63, 3.8) is 0 Å². The van der Waals surface area contributed by atoms with Crippen molar-refractivity contribution in [3.05, 3.63) is 5.73 Å². The standard InChI is InChI=1S/C6H11FN2O.C2H6.Y/c7-5(6(8)10)4-1-2-9-3-4;1-2;/h4-5,9H,1-3H2,(H2,8,10);1-2H3;/p-1. The minimum Gasteiger partial charge on any atom is -0.665 e. The van der Waals surface area contributed by atoms with E-state index in [1.54, 1.807) is 0 Å². The predicted octanol–water partition coefficient (Wildman–Crippen LogP) is 1.54. The number of amides is 1. The molecule has 1 heterocycles. The first kappa shape index (κ1) is 15.9. The molecule has 0 aliphatic carbocycles. The number of carbonyl (C=O) groups is 1. The van der Waals surface area contributed by atoms with Crippen LogP contribution in [0.1, 0.15) is 20.3 Å². The van der Waals surface area contributed by atoms with Crippen LogP contribution >= 0.6 is 0 Å². The van der Waals surface area contributed by atoms with Crippen molar-refractivity contribution in [2.24, 2.45) is 5.92 Å². The fourth-order valence-corrected chi connectivity index (χ4v) is 1.14. The molecule has 1 radical (unpaired) electrons. The molecule has 0 saturated carbocycles. The quantitative estimate of drug-likeness (QED) is 0.822. The van der Waals surface area contributed by atoms with Gasteiger partial charge in [0.25, 0.3) is 0 Å². The number of halogens is 1. The Kier molecular flexibility index (Phi) is 11.1. The summed E-state index contributed by atoms with van der Waals surface area (Å²) in [4.78, 5) is 10.2. The van der Waals surface area contributed by atoms with Crippen LogP contribution in [0.25, 0.3) is 5.73 Å². The molecular weight excluding hydrogens is 248 g/mol. The second kappa shape index (κ2) is 9.04. The third-order valence-electron chi connectivity index (χ3n) is 1.76. The normalized spacial score (nSPS) is 22.2. The number of hydrogen-bond donors (Lipinski definition) is 1. The predicted molar refractivity (Wildman–Crippen MR) is 46.5 cm³/mol. The Bertz CT molecular complexity index is 140. The molecule has 1 rings (SSSR count). The summed E-state index contributed by atoms with van der Waals surface area (Å²) in [6, 6.07) is 0. The van der Waals surface area contributed by atoms with Crippen molar-refractivity contribution in [3.8, 4) is 0 Å². The van der Waals surface area contributed by atoms with Crippen LogP contribution in [0.5, 0.6) is 0 Å². The Morgan fingerprint density at radius 3 is 2.46 bits per heavy atom. The minimum absolute atomic E-state index is 0. The molecule has 1 aliphatic rings. The average Bonchev–Trinajstić information content (AvgIpc) is 2.58. The summed E-state index contributed by atoms with van der Waals surface area (Å²) in [5.41, 5.74) is 6.51. The van der Waals surface area contributed by atoms with Gasteiger partial charge in [0.1, 0.15) is 6.17 Å².